The highest BCUT2D eigenvalue weighted by molar-refractivity contribution is 5.95. The van der Waals surface area contributed by atoms with Gasteiger partial charge in [0, 0.05) is 37.0 Å². The molecule has 7 heteroatoms. The molecule has 0 spiro atoms. The van der Waals surface area contributed by atoms with Gasteiger partial charge in [-0.05, 0) is 59.7 Å². The maximum absolute atomic E-state index is 12.7. The van der Waals surface area contributed by atoms with E-state index in [4.69, 9.17) is 14.6 Å². The Bertz CT molecular complexity index is 1850. The number of hydrogen-bond acceptors (Lipinski definition) is 5. The Morgan fingerprint density at radius 3 is 2.02 bits per heavy atom. The Morgan fingerprint density at radius 2 is 1.36 bits per heavy atom. The maximum atomic E-state index is 12.7. The van der Waals surface area contributed by atoms with Crippen molar-refractivity contribution in [3.8, 4) is 39.8 Å². The highest BCUT2D eigenvalue weighted by atomic mass is 16.5. The summed E-state index contributed by atoms with van der Waals surface area (Å²) in [5.74, 6) is 1.87. The first-order valence-corrected chi connectivity index (χ1v) is 14.4. The SMILES string of the molecule is CN(C)C(=O)c1cccc(-c2cc(-c3ccc(OCc4ccccc4)c(OCc4ccccc4)c3)n(-c3ccccn3)n2)c1. The molecular weight excluding hydrogens is 548 g/mol. The maximum Gasteiger partial charge on any atom is 0.253 e. The van der Waals surface area contributed by atoms with Crippen molar-refractivity contribution in [2.24, 2.45) is 0 Å². The summed E-state index contributed by atoms with van der Waals surface area (Å²) in [4.78, 5) is 18.8. The van der Waals surface area contributed by atoms with Crippen molar-refractivity contribution in [3.63, 3.8) is 0 Å². The van der Waals surface area contributed by atoms with E-state index in [2.05, 4.69) is 4.98 Å². The van der Waals surface area contributed by atoms with Crippen molar-refractivity contribution in [2.45, 2.75) is 13.2 Å². The molecule has 0 fully saturated rings. The van der Waals surface area contributed by atoms with E-state index in [1.165, 1.54) is 0 Å². The van der Waals surface area contributed by atoms with Crippen LogP contribution in [0.4, 0.5) is 0 Å². The predicted molar refractivity (Wildman–Crippen MR) is 172 cm³/mol. The number of pyridine rings is 1. The second-order valence-electron chi connectivity index (χ2n) is 10.5. The number of carbonyl (C=O) groups is 1. The third-order valence-electron chi connectivity index (χ3n) is 7.10. The summed E-state index contributed by atoms with van der Waals surface area (Å²) in [5.41, 5.74) is 5.97. The number of benzene rings is 4. The van der Waals surface area contributed by atoms with Gasteiger partial charge < -0.3 is 14.4 Å². The molecule has 7 nitrogen and oxygen atoms in total. The number of amides is 1. The number of nitrogens with zero attached hydrogens (tertiary/aromatic N) is 4. The molecule has 0 N–H and O–H groups in total. The molecule has 0 aliphatic heterocycles. The monoisotopic (exact) mass is 580 g/mol. The van der Waals surface area contributed by atoms with E-state index in [1.54, 1.807) is 25.2 Å². The van der Waals surface area contributed by atoms with E-state index < -0.39 is 0 Å². The zero-order chi connectivity index (χ0) is 30.3. The quantitative estimate of drug-likeness (QED) is 0.168. The molecule has 0 saturated heterocycles. The van der Waals surface area contributed by atoms with Crippen molar-refractivity contribution >= 4 is 5.91 Å². The van der Waals surface area contributed by atoms with Gasteiger partial charge in [0.05, 0.1) is 11.4 Å². The van der Waals surface area contributed by atoms with Crippen LogP contribution < -0.4 is 9.47 Å². The number of hydrogen-bond donors (Lipinski definition) is 0. The van der Waals surface area contributed by atoms with Crippen molar-refractivity contribution < 1.29 is 14.3 Å². The molecule has 0 bridgehead atoms. The van der Waals surface area contributed by atoms with Crippen LogP contribution in [0.25, 0.3) is 28.3 Å². The Morgan fingerprint density at radius 1 is 0.682 bits per heavy atom. The van der Waals surface area contributed by atoms with Gasteiger partial charge in [-0.1, -0.05) is 78.9 Å². The minimum absolute atomic E-state index is 0.0671. The molecule has 0 atom stereocenters. The second-order valence-corrected chi connectivity index (χ2v) is 10.5. The van der Waals surface area contributed by atoms with Crippen LogP contribution in [0.3, 0.4) is 0 Å². The van der Waals surface area contributed by atoms with Gasteiger partial charge in [0.2, 0.25) is 0 Å². The summed E-state index contributed by atoms with van der Waals surface area (Å²) >= 11 is 0. The second kappa shape index (κ2) is 13.1. The van der Waals surface area contributed by atoms with Crippen LogP contribution in [0.5, 0.6) is 11.5 Å². The molecule has 0 saturated carbocycles. The summed E-state index contributed by atoms with van der Waals surface area (Å²) in [6, 6.07) is 41.3. The summed E-state index contributed by atoms with van der Waals surface area (Å²) in [7, 11) is 3.49. The summed E-state index contributed by atoms with van der Waals surface area (Å²) < 4.78 is 14.4. The zero-order valence-corrected chi connectivity index (χ0v) is 24.6. The molecule has 44 heavy (non-hydrogen) atoms. The van der Waals surface area contributed by atoms with Crippen molar-refractivity contribution in [2.75, 3.05) is 14.1 Å². The molecule has 0 unspecified atom stereocenters. The fourth-order valence-corrected chi connectivity index (χ4v) is 4.82. The topological polar surface area (TPSA) is 69.5 Å². The molecule has 218 valence electrons. The highest BCUT2D eigenvalue weighted by Gasteiger charge is 2.18. The van der Waals surface area contributed by atoms with E-state index in [1.807, 2.05) is 132 Å². The number of aromatic nitrogens is 3. The van der Waals surface area contributed by atoms with E-state index in [-0.39, 0.29) is 5.91 Å². The van der Waals surface area contributed by atoms with E-state index in [0.29, 0.717) is 36.1 Å². The average Bonchev–Trinajstić information content (AvgIpc) is 3.53. The lowest BCUT2D eigenvalue weighted by Gasteiger charge is -2.15. The lowest BCUT2D eigenvalue weighted by atomic mass is 10.1. The largest absolute Gasteiger partial charge is 0.485 e. The van der Waals surface area contributed by atoms with Gasteiger partial charge in [0.15, 0.2) is 17.3 Å². The Kier molecular flexibility index (Phi) is 8.46. The van der Waals surface area contributed by atoms with Crippen LogP contribution in [0.1, 0.15) is 21.5 Å². The molecule has 6 aromatic rings. The third kappa shape index (κ3) is 6.52. The Hall–Kier alpha value is -5.69. The Labute approximate surface area is 257 Å². The average molecular weight is 581 g/mol. The summed E-state index contributed by atoms with van der Waals surface area (Å²) in [6.45, 7) is 0.809. The zero-order valence-electron chi connectivity index (χ0n) is 24.6. The fraction of sp³-hybridized carbons (Fsp3) is 0.108. The summed E-state index contributed by atoms with van der Waals surface area (Å²) in [6.07, 6.45) is 1.74. The van der Waals surface area contributed by atoms with Gasteiger partial charge >= 0.3 is 0 Å². The van der Waals surface area contributed by atoms with E-state index >= 15 is 0 Å². The first-order valence-electron chi connectivity index (χ1n) is 14.4. The minimum Gasteiger partial charge on any atom is -0.485 e. The molecule has 2 aromatic heterocycles. The van der Waals surface area contributed by atoms with Gasteiger partial charge in [0.25, 0.3) is 5.91 Å². The number of rotatable bonds is 10. The van der Waals surface area contributed by atoms with Crippen LogP contribution in [0.2, 0.25) is 0 Å². The van der Waals surface area contributed by atoms with Crippen LogP contribution >= 0.6 is 0 Å². The highest BCUT2D eigenvalue weighted by Crippen LogP contribution is 2.36. The van der Waals surface area contributed by atoms with Gasteiger partial charge in [0.1, 0.15) is 13.2 Å². The van der Waals surface area contributed by atoms with Crippen LogP contribution in [-0.4, -0.2) is 39.7 Å². The smallest absolute Gasteiger partial charge is 0.253 e. The Balaban J connectivity index is 1.40. The number of carbonyl (C=O) groups excluding carboxylic acids is 1. The lowest BCUT2D eigenvalue weighted by Crippen LogP contribution is -2.21. The molecular formula is C37H32N4O3. The summed E-state index contributed by atoms with van der Waals surface area (Å²) in [5, 5.41) is 4.95. The molecule has 4 aromatic carbocycles. The molecule has 2 heterocycles. The minimum atomic E-state index is -0.0671. The molecule has 0 aliphatic rings. The standard InChI is InChI=1S/C37H32N4O3/c1-40(2)37(42)31-17-11-16-29(22-31)32-24-33(41(39-32)36-18-9-10-21-38-36)30-19-20-34(43-25-27-12-5-3-6-13-27)35(23-30)44-26-28-14-7-4-8-15-28/h3-24H,25-26H2,1-2H3. The lowest BCUT2D eigenvalue weighted by molar-refractivity contribution is 0.0827. The van der Waals surface area contributed by atoms with Crippen molar-refractivity contribution in [3.05, 3.63) is 150 Å². The third-order valence-corrected chi connectivity index (χ3v) is 7.10. The molecule has 0 radical (unpaired) electrons. The van der Waals surface area contributed by atoms with Crippen molar-refractivity contribution in [1.82, 2.24) is 19.7 Å². The van der Waals surface area contributed by atoms with Gasteiger partial charge in [-0.2, -0.15) is 5.10 Å². The van der Waals surface area contributed by atoms with Crippen LogP contribution in [0, 0.1) is 0 Å². The number of ether oxygens (including phenoxy) is 2. The van der Waals surface area contributed by atoms with E-state index in [0.717, 1.165) is 33.6 Å². The van der Waals surface area contributed by atoms with Gasteiger partial charge in [-0.25, -0.2) is 9.67 Å². The molecule has 6 rings (SSSR count). The van der Waals surface area contributed by atoms with Crippen molar-refractivity contribution in [1.29, 1.82) is 0 Å². The van der Waals surface area contributed by atoms with Gasteiger partial charge in [-0.3, -0.25) is 4.79 Å². The normalized spacial score (nSPS) is 10.8. The fourth-order valence-electron chi connectivity index (χ4n) is 4.82. The first-order chi connectivity index (χ1) is 21.5. The molecule has 1 amide bonds. The van der Waals surface area contributed by atoms with Crippen LogP contribution in [-0.2, 0) is 13.2 Å². The first kappa shape index (κ1) is 28.4. The van der Waals surface area contributed by atoms with E-state index in [9.17, 15) is 4.79 Å². The predicted octanol–water partition coefficient (Wildman–Crippen LogP) is 7.46. The molecule has 0 aliphatic carbocycles. The van der Waals surface area contributed by atoms with Crippen LogP contribution in [0.15, 0.2) is 134 Å². The van der Waals surface area contributed by atoms with Gasteiger partial charge in [-0.15, -0.1) is 0 Å².